The Kier molecular flexibility index (Phi) is 4.46. The Hall–Kier alpha value is -2.09. The molecule has 0 aromatic heterocycles. The highest BCUT2D eigenvalue weighted by molar-refractivity contribution is 8.14. The van der Waals surface area contributed by atoms with E-state index in [1.165, 1.54) is 31.1 Å². The zero-order valence-corrected chi connectivity index (χ0v) is 12.4. The number of hydrogen-bond donors (Lipinski definition) is 0. The van der Waals surface area contributed by atoms with Crippen molar-refractivity contribution in [1.82, 2.24) is 0 Å². The van der Waals surface area contributed by atoms with Crippen molar-refractivity contribution >= 4 is 34.2 Å². The lowest BCUT2D eigenvalue weighted by atomic mass is 10.2. The van der Waals surface area contributed by atoms with Gasteiger partial charge in [-0.05, 0) is 12.1 Å². The molecule has 0 N–H and O–H groups in total. The summed E-state index contributed by atoms with van der Waals surface area (Å²) < 4.78 is 4.93. The minimum Gasteiger partial charge on any atom is -0.490 e. The minimum atomic E-state index is -0.551. The lowest BCUT2D eigenvalue weighted by Crippen LogP contribution is -2.25. The van der Waals surface area contributed by atoms with Gasteiger partial charge in [0.1, 0.15) is 0 Å². The highest BCUT2D eigenvalue weighted by atomic mass is 32.2. The van der Waals surface area contributed by atoms with Gasteiger partial charge in [0.15, 0.2) is 10.9 Å². The third kappa shape index (κ3) is 3.33. The van der Waals surface area contributed by atoms with Crippen LogP contribution in [0, 0.1) is 10.1 Å². The number of benzene rings is 1. The van der Waals surface area contributed by atoms with Crippen LogP contribution in [0.1, 0.15) is 13.3 Å². The molecule has 1 heterocycles. The highest BCUT2D eigenvalue weighted by Gasteiger charge is 2.33. The van der Waals surface area contributed by atoms with Gasteiger partial charge in [0.05, 0.1) is 17.7 Å². The number of rotatable bonds is 4. The molecule has 0 radical (unpaired) electrons. The first-order chi connectivity index (χ1) is 9.92. The summed E-state index contributed by atoms with van der Waals surface area (Å²) >= 11 is 1.12. The van der Waals surface area contributed by atoms with Crippen molar-refractivity contribution in [3.63, 3.8) is 0 Å². The van der Waals surface area contributed by atoms with Crippen LogP contribution in [0.4, 0.5) is 11.4 Å². The fourth-order valence-electron chi connectivity index (χ4n) is 2.23. The minimum absolute atomic E-state index is 0.0460. The molecule has 8 heteroatoms. The van der Waals surface area contributed by atoms with E-state index in [0.717, 1.165) is 11.8 Å². The molecule has 112 valence electrons. The van der Waals surface area contributed by atoms with Gasteiger partial charge < -0.3 is 9.64 Å². The second-order valence-corrected chi connectivity index (χ2v) is 6.03. The monoisotopic (exact) mass is 310 g/mol. The molecule has 1 aromatic rings. The van der Waals surface area contributed by atoms with Gasteiger partial charge in [-0.25, -0.2) is 0 Å². The summed E-state index contributed by atoms with van der Waals surface area (Å²) in [4.78, 5) is 35.0. The summed E-state index contributed by atoms with van der Waals surface area (Å²) in [5.74, 6) is -0.00160. The van der Waals surface area contributed by atoms with Crippen molar-refractivity contribution in [2.24, 2.45) is 0 Å². The summed E-state index contributed by atoms with van der Waals surface area (Å²) in [7, 11) is 1.35. The first kappa shape index (κ1) is 15.3. The number of ether oxygens (including phenoxy) is 1. The normalized spacial score (nSPS) is 17.9. The molecule has 7 nitrogen and oxygen atoms in total. The highest BCUT2D eigenvalue weighted by Crippen LogP contribution is 2.34. The zero-order valence-electron chi connectivity index (χ0n) is 11.6. The maximum Gasteiger partial charge on any atom is 0.312 e. The van der Waals surface area contributed by atoms with Gasteiger partial charge in [-0.15, -0.1) is 0 Å². The molecule has 0 saturated carbocycles. The molecule has 1 aliphatic rings. The fraction of sp³-hybridized carbons (Fsp3) is 0.385. The van der Waals surface area contributed by atoms with E-state index in [1.807, 2.05) is 0 Å². The van der Waals surface area contributed by atoms with Crippen LogP contribution in [-0.2, 0) is 9.59 Å². The van der Waals surface area contributed by atoms with Crippen LogP contribution in [0.2, 0.25) is 0 Å². The summed E-state index contributed by atoms with van der Waals surface area (Å²) in [5, 5.41) is 10.9. The Morgan fingerprint density at radius 1 is 1.52 bits per heavy atom. The largest absolute Gasteiger partial charge is 0.490 e. The van der Waals surface area contributed by atoms with Gasteiger partial charge in [0.25, 0.3) is 0 Å². The van der Waals surface area contributed by atoms with Gasteiger partial charge in [-0.1, -0.05) is 11.8 Å². The number of hydrogen-bond acceptors (Lipinski definition) is 6. The maximum absolute atomic E-state index is 12.0. The molecule has 1 aliphatic heterocycles. The number of nitro benzene ring substituents is 1. The van der Waals surface area contributed by atoms with Gasteiger partial charge >= 0.3 is 5.69 Å². The number of nitro groups is 1. The van der Waals surface area contributed by atoms with Crippen LogP contribution in [-0.4, -0.2) is 34.9 Å². The Labute approximate surface area is 125 Å². The summed E-state index contributed by atoms with van der Waals surface area (Å²) in [6, 6.07) is 4.38. The predicted octanol–water partition coefficient (Wildman–Crippen LogP) is 1.99. The third-order valence-corrected chi connectivity index (χ3v) is 4.07. The molecule has 1 saturated heterocycles. The average Bonchev–Trinajstić information content (AvgIpc) is 2.77. The lowest BCUT2D eigenvalue weighted by molar-refractivity contribution is -0.385. The molecule has 21 heavy (non-hydrogen) atoms. The number of anilines is 1. The standard InChI is InChI=1S/C13H14N2O5S/c1-8(16)21-10-6-13(17)14(7-10)9-3-4-12(20-2)11(5-9)15(18)19/h3-5,10H,6-7H2,1-2H3. The van der Waals surface area contributed by atoms with E-state index >= 15 is 0 Å². The third-order valence-electron chi connectivity index (χ3n) is 3.09. The van der Waals surface area contributed by atoms with E-state index in [0.29, 0.717) is 12.2 Å². The molecule has 2 rings (SSSR count). The van der Waals surface area contributed by atoms with E-state index in [4.69, 9.17) is 4.74 Å². The second-order valence-electron chi connectivity index (χ2n) is 4.55. The molecule has 0 aliphatic carbocycles. The summed E-state index contributed by atoms with van der Waals surface area (Å²) in [5.41, 5.74) is 0.254. The summed E-state index contributed by atoms with van der Waals surface area (Å²) in [6.45, 7) is 1.82. The van der Waals surface area contributed by atoms with Crippen molar-refractivity contribution in [2.75, 3.05) is 18.6 Å². The first-order valence-corrected chi connectivity index (χ1v) is 7.10. The fourth-order valence-corrected chi connectivity index (χ4v) is 3.15. The Morgan fingerprint density at radius 2 is 2.24 bits per heavy atom. The molecule has 1 aromatic carbocycles. The van der Waals surface area contributed by atoms with E-state index in [-0.39, 0.29) is 34.1 Å². The Bertz CT molecular complexity index is 604. The molecule has 0 bridgehead atoms. The van der Waals surface area contributed by atoms with Crippen LogP contribution < -0.4 is 9.64 Å². The van der Waals surface area contributed by atoms with Crippen molar-refractivity contribution < 1.29 is 19.2 Å². The van der Waals surface area contributed by atoms with Crippen LogP contribution >= 0.6 is 11.8 Å². The Morgan fingerprint density at radius 3 is 2.81 bits per heavy atom. The van der Waals surface area contributed by atoms with E-state index in [1.54, 1.807) is 6.07 Å². The van der Waals surface area contributed by atoms with E-state index in [9.17, 15) is 19.7 Å². The van der Waals surface area contributed by atoms with Crippen LogP contribution in [0.15, 0.2) is 18.2 Å². The second kappa shape index (κ2) is 6.13. The van der Waals surface area contributed by atoms with Gasteiger partial charge in [-0.2, -0.15) is 0 Å². The van der Waals surface area contributed by atoms with Crippen LogP contribution in [0.3, 0.4) is 0 Å². The van der Waals surface area contributed by atoms with Crippen LogP contribution in [0.5, 0.6) is 5.75 Å². The number of nitrogens with zero attached hydrogens (tertiary/aromatic N) is 2. The number of carbonyl (C=O) groups excluding carboxylic acids is 2. The molecule has 0 spiro atoms. The smallest absolute Gasteiger partial charge is 0.312 e. The Balaban J connectivity index is 2.26. The number of amides is 1. The molecular weight excluding hydrogens is 296 g/mol. The predicted molar refractivity (Wildman–Crippen MR) is 78.7 cm³/mol. The molecular formula is C13H14N2O5S. The van der Waals surface area contributed by atoms with Gasteiger partial charge in [0, 0.05) is 31.2 Å². The maximum atomic E-state index is 12.0. The molecule has 1 amide bonds. The van der Waals surface area contributed by atoms with E-state index < -0.39 is 4.92 Å². The number of carbonyl (C=O) groups is 2. The van der Waals surface area contributed by atoms with Crippen molar-refractivity contribution in [3.05, 3.63) is 28.3 Å². The SMILES string of the molecule is COc1ccc(N2CC(SC(C)=O)CC2=O)cc1[N+](=O)[O-]. The first-order valence-electron chi connectivity index (χ1n) is 6.22. The number of thioether (sulfide) groups is 1. The topological polar surface area (TPSA) is 89.8 Å². The quantitative estimate of drug-likeness (QED) is 0.624. The molecule has 1 unspecified atom stereocenters. The summed E-state index contributed by atoms with van der Waals surface area (Å²) in [6.07, 6.45) is 0.254. The lowest BCUT2D eigenvalue weighted by Gasteiger charge is -2.16. The van der Waals surface area contributed by atoms with Crippen molar-refractivity contribution in [3.8, 4) is 5.75 Å². The van der Waals surface area contributed by atoms with Crippen molar-refractivity contribution in [1.29, 1.82) is 0 Å². The van der Waals surface area contributed by atoms with Crippen molar-refractivity contribution in [2.45, 2.75) is 18.6 Å². The molecule has 1 atom stereocenters. The van der Waals surface area contributed by atoms with Gasteiger partial charge in [-0.3, -0.25) is 19.7 Å². The van der Waals surface area contributed by atoms with Gasteiger partial charge in [0.2, 0.25) is 5.91 Å². The zero-order chi connectivity index (χ0) is 15.6. The number of methoxy groups -OCH3 is 1. The van der Waals surface area contributed by atoms with Crippen LogP contribution in [0.25, 0.3) is 0 Å². The molecule has 1 fully saturated rings. The average molecular weight is 310 g/mol. The van der Waals surface area contributed by atoms with E-state index in [2.05, 4.69) is 0 Å².